The molecule has 0 fully saturated rings. The molecule has 0 heterocycles. The van der Waals surface area contributed by atoms with Crippen molar-refractivity contribution in [3.63, 3.8) is 0 Å². The highest BCUT2D eigenvalue weighted by atomic mass is 35.5. The summed E-state index contributed by atoms with van der Waals surface area (Å²) in [5, 5.41) is 13.3. The number of halogens is 1. The van der Waals surface area contributed by atoms with E-state index < -0.39 is 12.0 Å². The molecular formula is C17H18ClNO2. The van der Waals surface area contributed by atoms with Crippen LogP contribution in [0.3, 0.4) is 0 Å². The first-order valence-corrected chi connectivity index (χ1v) is 7.29. The number of hydrogen-bond donors (Lipinski definition) is 2. The third-order valence-electron chi connectivity index (χ3n) is 3.41. The number of hydrogen-bond acceptors (Lipinski definition) is 2. The van der Waals surface area contributed by atoms with E-state index in [1.807, 2.05) is 61.5 Å². The molecule has 3 nitrogen and oxygen atoms in total. The molecule has 2 atom stereocenters. The zero-order chi connectivity index (χ0) is 15.2. The summed E-state index contributed by atoms with van der Waals surface area (Å²) in [6, 6.07) is 15.9. The van der Waals surface area contributed by atoms with Crippen LogP contribution in [0.1, 0.15) is 36.6 Å². The second-order valence-electron chi connectivity index (χ2n) is 4.86. The Kier molecular flexibility index (Phi) is 5.37. The Labute approximate surface area is 129 Å². The van der Waals surface area contributed by atoms with Crippen molar-refractivity contribution in [2.45, 2.75) is 25.4 Å². The highest BCUT2D eigenvalue weighted by molar-refractivity contribution is 6.30. The van der Waals surface area contributed by atoms with Crippen LogP contribution in [0, 0.1) is 0 Å². The zero-order valence-corrected chi connectivity index (χ0v) is 12.5. The van der Waals surface area contributed by atoms with Gasteiger partial charge in [0.25, 0.3) is 0 Å². The van der Waals surface area contributed by atoms with E-state index in [1.54, 1.807) is 0 Å². The monoisotopic (exact) mass is 303 g/mol. The van der Waals surface area contributed by atoms with Crippen molar-refractivity contribution in [2.75, 3.05) is 0 Å². The fraction of sp³-hybridized carbons (Fsp3) is 0.235. The van der Waals surface area contributed by atoms with Gasteiger partial charge in [0, 0.05) is 11.1 Å². The molecule has 0 aliphatic rings. The highest BCUT2D eigenvalue weighted by Crippen LogP contribution is 2.24. The van der Waals surface area contributed by atoms with Crippen LogP contribution in [0.15, 0.2) is 54.6 Å². The lowest BCUT2D eigenvalue weighted by molar-refractivity contribution is -0.139. The van der Waals surface area contributed by atoms with Gasteiger partial charge < -0.3 is 5.11 Å². The van der Waals surface area contributed by atoms with E-state index in [2.05, 4.69) is 5.32 Å². The second kappa shape index (κ2) is 7.25. The molecule has 4 heteroatoms. The first kappa shape index (κ1) is 15.5. The predicted molar refractivity (Wildman–Crippen MR) is 84.4 cm³/mol. The van der Waals surface area contributed by atoms with Crippen molar-refractivity contribution in [1.82, 2.24) is 5.32 Å². The molecule has 0 aromatic heterocycles. The number of rotatable bonds is 6. The van der Waals surface area contributed by atoms with Gasteiger partial charge in [-0.3, -0.25) is 10.1 Å². The molecule has 0 aliphatic carbocycles. The molecule has 2 N–H and O–H groups in total. The van der Waals surface area contributed by atoms with E-state index in [4.69, 9.17) is 11.6 Å². The average molecular weight is 304 g/mol. The average Bonchev–Trinajstić information content (AvgIpc) is 2.49. The Morgan fingerprint density at radius 3 is 2.38 bits per heavy atom. The number of carboxylic acids is 1. The van der Waals surface area contributed by atoms with Crippen LogP contribution in [-0.2, 0) is 4.79 Å². The molecule has 2 aromatic carbocycles. The summed E-state index contributed by atoms with van der Waals surface area (Å²) < 4.78 is 0. The molecular weight excluding hydrogens is 286 g/mol. The van der Waals surface area contributed by atoms with Crippen LogP contribution in [0.4, 0.5) is 0 Å². The molecule has 2 rings (SSSR count). The summed E-state index contributed by atoms with van der Waals surface area (Å²) in [5.74, 6) is -0.887. The minimum absolute atomic E-state index is 0.0648. The lowest BCUT2D eigenvalue weighted by Gasteiger charge is -2.23. The molecule has 0 spiro atoms. The van der Waals surface area contributed by atoms with Gasteiger partial charge in [-0.15, -0.1) is 0 Å². The quantitative estimate of drug-likeness (QED) is 0.840. The van der Waals surface area contributed by atoms with Gasteiger partial charge >= 0.3 is 5.97 Å². The van der Waals surface area contributed by atoms with Gasteiger partial charge in [0.1, 0.15) is 6.04 Å². The molecule has 21 heavy (non-hydrogen) atoms. The van der Waals surface area contributed by atoms with Crippen molar-refractivity contribution in [3.05, 3.63) is 70.7 Å². The molecule has 0 aliphatic heterocycles. The third-order valence-corrected chi connectivity index (χ3v) is 3.64. The van der Waals surface area contributed by atoms with Gasteiger partial charge in [-0.25, -0.2) is 0 Å². The Bertz CT molecular complexity index is 601. The Hall–Kier alpha value is -1.84. The van der Waals surface area contributed by atoms with Crippen LogP contribution in [0.25, 0.3) is 0 Å². The lowest BCUT2D eigenvalue weighted by Crippen LogP contribution is -2.31. The summed E-state index contributed by atoms with van der Waals surface area (Å²) in [7, 11) is 0. The van der Waals surface area contributed by atoms with Gasteiger partial charge in [0.05, 0.1) is 0 Å². The first-order valence-electron chi connectivity index (χ1n) is 6.91. The van der Waals surface area contributed by atoms with Crippen molar-refractivity contribution in [2.24, 2.45) is 0 Å². The normalized spacial score (nSPS) is 13.6. The molecule has 0 radical (unpaired) electrons. The van der Waals surface area contributed by atoms with Crippen molar-refractivity contribution >= 4 is 17.6 Å². The summed E-state index contributed by atoms with van der Waals surface area (Å²) in [5.41, 5.74) is 1.73. The summed E-state index contributed by atoms with van der Waals surface area (Å²) >= 11 is 6.02. The van der Waals surface area contributed by atoms with Gasteiger partial charge in [-0.05, 0) is 29.7 Å². The van der Waals surface area contributed by atoms with Gasteiger partial charge in [-0.2, -0.15) is 0 Å². The summed E-state index contributed by atoms with van der Waals surface area (Å²) in [6.07, 6.45) is 0.775. The minimum Gasteiger partial charge on any atom is -0.480 e. The molecule has 0 saturated heterocycles. The smallest absolute Gasteiger partial charge is 0.325 e. The Morgan fingerprint density at radius 1 is 1.14 bits per heavy atom. The van der Waals surface area contributed by atoms with Crippen LogP contribution in [-0.4, -0.2) is 11.1 Å². The summed E-state index contributed by atoms with van der Waals surface area (Å²) in [4.78, 5) is 11.6. The number of benzene rings is 2. The maximum absolute atomic E-state index is 11.6. The van der Waals surface area contributed by atoms with E-state index in [-0.39, 0.29) is 6.04 Å². The number of aliphatic carboxylic acids is 1. The molecule has 0 amide bonds. The van der Waals surface area contributed by atoms with Gasteiger partial charge in [0.15, 0.2) is 0 Å². The van der Waals surface area contributed by atoms with E-state index in [1.165, 1.54) is 0 Å². The summed E-state index contributed by atoms with van der Waals surface area (Å²) in [6.45, 7) is 2.02. The largest absolute Gasteiger partial charge is 0.480 e. The van der Waals surface area contributed by atoms with E-state index in [9.17, 15) is 9.90 Å². The van der Waals surface area contributed by atoms with Gasteiger partial charge in [-0.1, -0.05) is 61.0 Å². The number of carboxylic acid groups (broad SMARTS) is 1. The molecule has 2 aromatic rings. The SMILES string of the molecule is CCC(NC(C(=O)O)c1ccccc1)c1cccc(Cl)c1. The number of carbonyl (C=O) groups is 1. The van der Waals surface area contributed by atoms with E-state index in [0.29, 0.717) is 5.02 Å². The standard InChI is InChI=1S/C17H18ClNO2/c1-2-15(13-9-6-10-14(18)11-13)19-16(17(20)21)12-7-4-3-5-8-12/h3-11,15-16,19H,2H2,1H3,(H,20,21). The van der Waals surface area contributed by atoms with Crippen LogP contribution in [0.2, 0.25) is 5.02 Å². The van der Waals surface area contributed by atoms with Crippen molar-refractivity contribution < 1.29 is 9.90 Å². The molecule has 2 unspecified atom stereocenters. The van der Waals surface area contributed by atoms with Crippen LogP contribution in [0.5, 0.6) is 0 Å². The number of nitrogens with one attached hydrogen (secondary N) is 1. The maximum atomic E-state index is 11.6. The maximum Gasteiger partial charge on any atom is 0.325 e. The predicted octanol–water partition coefficient (Wildman–Crippen LogP) is 4.21. The Balaban J connectivity index is 2.24. The van der Waals surface area contributed by atoms with Crippen molar-refractivity contribution in [3.8, 4) is 0 Å². The van der Waals surface area contributed by atoms with Crippen LogP contribution < -0.4 is 5.32 Å². The lowest BCUT2D eigenvalue weighted by atomic mass is 10.0. The van der Waals surface area contributed by atoms with E-state index in [0.717, 1.165) is 17.5 Å². The first-order chi connectivity index (χ1) is 10.1. The molecule has 0 bridgehead atoms. The molecule has 110 valence electrons. The molecule has 0 saturated carbocycles. The second-order valence-corrected chi connectivity index (χ2v) is 5.30. The topological polar surface area (TPSA) is 49.3 Å². The Morgan fingerprint density at radius 2 is 1.81 bits per heavy atom. The van der Waals surface area contributed by atoms with E-state index >= 15 is 0 Å². The van der Waals surface area contributed by atoms with Crippen molar-refractivity contribution in [1.29, 1.82) is 0 Å². The van der Waals surface area contributed by atoms with Crippen LogP contribution >= 0.6 is 11.6 Å². The fourth-order valence-corrected chi connectivity index (χ4v) is 2.53. The van der Waals surface area contributed by atoms with Gasteiger partial charge in [0.2, 0.25) is 0 Å². The fourth-order valence-electron chi connectivity index (χ4n) is 2.33. The highest BCUT2D eigenvalue weighted by Gasteiger charge is 2.23. The third kappa shape index (κ3) is 4.06. The minimum atomic E-state index is -0.887. The zero-order valence-electron chi connectivity index (χ0n) is 11.8.